The smallest absolute Gasteiger partial charge is 0.409 e. The fourth-order valence-electron chi connectivity index (χ4n) is 2.66. The second-order valence-electron chi connectivity index (χ2n) is 6.09. The third-order valence-electron chi connectivity index (χ3n) is 3.83. The van der Waals surface area contributed by atoms with Crippen molar-refractivity contribution in [2.75, 3.05) is 18.5 Å². The SMILES string of the molecule is CC(C)OCCOc1nn([C@H]2CC[C@H](N)CC2)cc1NC(=O)O.Cl. The number of rotatable bonds is 7. The van der Waals surface area contributed by atoms with E-state index in [0.29, 0.717) is 18.9 Å². The fourth-order valence-corrected chi connectivity index (χ4v) is 2.66. The lowest BCUT2D eigenvalue weighted by Gasteiger charge is -2.26. The van der Waals surface area contributed by atoms with Gasteiger partial charge in [0, 0.05) is 6.04 Å². The molecule has 4 N–H and O–H groups in total. The molecule has 8 nitrogen and oxygen atoms in total. The lowest BCUT2D eigenvalue weighted by Crippen LogP contribution is -2.28. The van der Waals surface area contributed by atoms with Crippen LogP contribution in [0.5, 0.6) is 5.88 Å². The average molecular weight is 363 g/mol. The minimum absolute atomic E-state index is 0. The first-order valence-electron chi connectivity index (χ1n) is 8.04. The van der Waals surface area contributed by atoms with Crippen molar-refractivity contribution in [2.45, 2.75) is 57.7 Å². The number of carboxylic acid groups (broad SMARTS) is 1. The van der Waals surface area contributed by atoms with E-state index in [0.717, 1.165) is 25.7 Å². The molecule has 0 radical (unpaired) electrons. The Morgan fingerprint density at radius 2 is 2.08 bits per heavy atom. The highest BCUT2D eigenvalue weighted by Gasteiger charge is 2.23. The first kappa shape index (κ1) is 20.5. The molecule has 1 aromatic rings. The van der Waals surface area contributed by atoms with E-state index in [4.69, 9.17) is 20.3 Å². The topological polar surface area (TPSA) is 112 Å². The van der Waals surface area contributed by atoms with E-state index >= 15 is 0 Å². The van der Waals surface area contributed by atoms with Gasteiger partial charge in [-0.1, -0.05) is 0 Å². The van der Waals surface area contributed by atoms with Gasteiger partial charge < -0.3 is 20.3 Å². The van der Waals surface area contributed by atoms with E-state index in [-0.39, 0.29) is 36.5 Å². The van der Waals surface area contributed by atoms with Crippen molar-refractivity contribution in [3.8, 4) is 5.88 Å². The van der Waals surface area contributed by atoms with Crippen molar-refractivity contribution in [1.82, 2.24) is 9.78 Å². The van der Waals surface area contributed by atoms with Crippen molar-refractivity contribution in [3.63, 3.8) is 0 Å². The Balaban J connectivity index is 0.00000288. The lowest BCUT2D eigenvalue weighted by molar-refractivity contribution is 0.0541. The number of nitrogens with one attached hydrogen (secondary N) is 1. The zero-order valence-corrected chi connectivity index (χ0v) is 14.9. The summed E-state index contributed by atoms with van der Waals surface area (Å²) < 4.78 is 12.8. The molecular weight excluding hydrogens is 336 g/mol. The number of ether oxygens (including phenoxy) is 2. The van der Waals surface area contributed by atoms with Crippen molar-refractivity contribution < 1.29 is 19.4 Å². The Hall–Kier alpha value is -1.51. The van der Waals surface area contributed by atoms with Crippen LogP contribution in [0.1, 0.15) is 45.6 Å². The van der Waals surface area contributed by atoms with E-state index < -0.39 is 6.09 Å². The second-order valence-corrected chi connectivity index (χ2v) is 6.09. The largest absolute Gasteiger partial charge is 0.473 e. The Kier molecular flexibility index (Phi) is 8.30. The molecular formula is C15H27ClN4O4. The third kappa shape index (κ3) is 6.18. The van der Waals surface area contributed by atoms with Gasteiger partial charge in [-0.25, -0.2) is 4.79 Å². The van der Waals surface area contributed by atoms with Gasteiger partial charge in [0.2, 0.25) is 0 Å². The van der Waals surface area contributed by atoms with Gasteiger partial charge in [0.25, 0.3) is 5.88 Å². The van der Waals surface area contributed by atoms with Gasteiger partial charge >= 0.3 is 6.09 Å². The van der Waals surface area contributed by atoms with Crippen LogP contribution in [0.3, 0.4) is 0 Å². The fraction of sp³-hybridized carbons (Fsp3) is 0.733. The number of nitrogens with two attached hydrogens (primary N) is 1. The number of anilines is 1. The maximum Gasteiger partial charge on any atom is 0.409 e. The summed E-state index contributed by atoms with van der Waals surface area (Å²) in [5.74, 6) is 0.287. The van der Waals surface area contributed by atoms with Crippen LogP contribution in [0.2, 0.25) is 0 Å². The molecule has 2 rings (SSSR count). The zero-order chi connectivity index (χ0) is 16.8. The quantitative estimate of drug-likeness (QED) is 0.643. The Morgan fingerprint density at radius 3 is 2.67 bits per heavy atom. The number of halogens is 1. The maximum atomic E-state index is 10.9. The highest BCUT2D eigenvalue weighted by atomic mass is 35.5. The zero-order valence-electron chi connectivity index (χ0n) is 14.1. The van der Waals surface area contributed by atoms with Crippen LogP contribution in [0.15, 0.2) is 6.20 Å². The molecule has 0 atom stereocenters. The van der Waals surface area contributed by atoms with Crippen LogP contribution in [-0.4, -0.2) is 46.3 Å². The summed E-state index contributed by atoms with van der Waals surface area (Å²) in [6, 6.07) is 0.482. The number of aromatic nitrogens is 2. The number of amides is 1. The van der Waals surface area contributed by atoms with Gasteiger partial charge in [-0.3, -0.25) is 10.00 Å². The van der Waals surface area contributed by atoms with Crippen LogP contribution < -0.4 is 15.8 Å². The molecule has 1 amide bonds. The number of nitrogens with zero attached hydrogens (tertiary/aromatic N) is 2. The molecule has 1 aliphatic carbocycles. The van der Waals surface area contributed by atoms with Crippen molar-refractivity contribution in [1.29, 1.82) is 0 Å². The molecule has 0 bridgehead atoms. The molecule has 138 valence electrons. The lowest BCUT2D eigenvalue weighted by atomic mass is 9.92. The molecule has 1 fully saturated rings. The monoisotopic (exact) mass is 362 g/mol. The van der Waals surface area contributed by atoms with Gasteiger partial charge in [-0.05, 0) is 39.5 Å². The van der Waals surface area contributed by atoms with Gasteiger partial charge in [-0.2, -0.15) is 0 Å². The normalized spacial score (nSPS) is 20.5. The Labute approximate surface area is 148 Å². The first-order chi connectivity index (χ1) is 11.0. The van der Waals surface area contributed by atoms with E-state index in [2.05, 4.69) is 10.4 Å². The van der Waals surface area contributed by atoms with Crippen molar-refractivity contribution in [2.24, 2.45) is 5.73 Å². The van der Waals surface area contributed by atoms with E-state index in [9.17, 15) is 4.79 Å². The predicted molar refractivity (Wildman–Crippen MR) is 93.2 cm³/mol. The number of hydrogen-bond acceptors (Lipinski definition) is 5. The molecule has 0 spiro atoms. The number of carbonyl (C=O) groups is 1. The molecule has 0 aliphatic heterocycles. The summed E-state index contributed by atoms with van der Waals surface area (Å²) in [5.41, 5.74) is 6.28. The molecule has 1 aromatic heterocycles. The summed E-state index contributed by atoms with van der Waals surface area (Å²) in [6.07, 6.45) is 4.44. The summed E-state index contributed by atoms with van der Waals surface area (Å²) in [7, 11) is 0. The van der Waals surface area contributed by atoms with Gasteiger partial charge in [0.05, 0.1) is 24.9 Å². The Morgan fingerprint density at radius 1 is 1.42 bits per heavy atom. The Bertz CT molecular complexity index is 516. The van der Waals surface area contributed by atoms with Crippen LogP contribution in [0.25, 0.3) is 0 Å². The van der Waals surface area contributed by atoms with Gasteiger partial charge in [0.15, 0.2) is 0 Å². The van der Waals surface area contributed by atoms with Crippen LogP contribution >= 0.6 is 12.4 Å². The molecule has 9 heteroatoms. The third-order valence-corrected chi connectivity index (χ3v) is 3.83. The molecule has 1 saturated carbocycles. The molecule has 0 aromatic carbocycles. The average Bonchev–Trinajstić information content (AvgIpc) is 2.86. The van der Waals surface area contributed by atoms with Crippen molar-refractivity contribution in [3.05, 3.63) is 6.20 Å². The number of hydrogen-bond donors (Lipinski definition) is 3. The molecule has 24 heavy (non-hydrogen) atoms. The van der Waals surface area contributed by atoms with Crippen LogP contribution in [-0.2, 0) is 4.74 Å². The highest BCUT2D eigenvalue weighted by Crippen LogP contribution is 2.31. The first-order valence-corrected chi connectivity index (χ1v) is 8.04. The molecule has 0 unspecified atom stereocenters. The van der Waals surface area contributed by atoms with E-state index in [1.165, 1.54) is 0 Å². The highest BCUT2D eigenvalue weighted by molar-refractivity contribution is 5.85. The van der Waals surface area contributed by atoms with E-state index in [1.54, 1.807) is 10.9 Å². The van der Waals surface area contributed by atoms with Gasteiger partial charge in [0.1, 0.15) is 12.3 Å². The molecule has 1 aliphatic rings. The predicted octanol–water partition coefficient (Wildman–Crippen LogP) is 2.64. The second kappa shape index (κ2) is 9.71. The summed E-state index contributed by atoms with van der Waals surface area (Å²) in [4.78, 5) is 10.9. The summed E-state index contributed by atoms with van der Waals surface area (Å²) in [5, 5.41) is 15.7. The maximum absolute atomic E-state index is 10.9. The molecule has 1 heterocycles. The molecule has 0 saturated heterocycles. The van der Waals surface area contributed by atoms with E-state index in [1.807, 2.05) is 13.8 Å². The summed E-state index contributed by atoms with van der Waals surface area (Å²) >= 11 is 0. The van der Waals surface area contributed by atoms with Crippen LogP contribution in [0, 0.1) is 0 Å². The standard InChI is InChI=1S/C15H26N4O4.ClH/c1-10(2)22-7-8-23-14-13(17-15(20)21)9-19(18-14)12-5-3-11(16)4-6-12;/h9-12,17H,3-8,16H2,1-2H3,(H,20,21);1H/t11-,12-;. The summed E-state index contributed by atoms with van der Waals surface area (Å²) in [6.45, 7) is 4.63. The van der Waals surface area contributed by atoms with Crippen LogP contribution in [0.4, 0.5) is 10.5 Å². The van der Waals surface area contributed by atoms with Crippen molar-refractivity contribution >= 4 is 24.2 Å². The minimum Gasteiger partial charge on any atom is -0.473 e. The van der Waals surface area contributed by atoms with Gasteiger partial charge in [-0.15, -0.1) is 17.5 Å². The minimum atomic E-state index is -1.14.